The van der Waals surface area contributed by atoms with Crippen LogP contribution in [0.3, 0.4) is 0 Å². The summed E-state index contributed by atoms with van der Waals surface area (Å²) >= 11 is 9.70. The molecule has 1 aliphatic rings. The molecule has 0 unspecified atom stereocenters. The smallest absolute Gasteiger partial charge is 0.335 e. The molecule has 0 atom stereocenters. The molecule has 1 saturated heterocycles. The zero-order chi connectivity index (χ0) is 26.4. The van der Waals surface area contributed by atoms with E-state index >= 15 is 0 Å². The quantitative estimate of drug-likeness (QED) is 0.176. The Bertz CT molecular complexity index is 1360. The Morgan fingerprint density at radius 3 is 2.49 bits per heavy atom. The minimum Gasteiger partial charge on any atom is -0.494 e. The number of unbranched alkanes of at least 4 members (excludes halogenated alkanes) is 1. The molecule has 0 aliphatic carbocycles. The summed E-state index contributed by atoms with van der Waals surface area (Å²) in [6.07, 6.45) is 3.30. The van der Waals surface area contributed by atoms with Gasteiger partial charge in [-0.15, -0.1) is 0 Å². The molecule has 3 aromatic carbocycles. The Morgan fingerprint density at radius 2 is 1.76 bits per heavy atom. The summed E-state index contributed by atoms with van der Waals surface area (Å²) in [5, 5.41) is 2.63. The van der Waals surface area contributed by atoms with E-state index in [1.165, 1.54) is 6.08 Å². The molecular weight excluding hydrogens is 560 g/mol. The van der Waals surface area contributed by atoms with Crippen LogP contribution in [0.2, 0.25) is 5.02 Å². The van der Waals surface area contributed by atoms with E-state index in [1.54, 1.807) is 42.5 Å². The lowest BCUT2D eigenvalue weighted by Gasteiger charge is -2.26. The first kappa shape index (κ1) is 26.4. The molecule has 0 aromatic heterocycles. The summed E-state index contributed by atoms with van der Waals surface area (Å²) in [7, 11) is 0. The van der Waals surface area contributed by atoms with Crippen LogP contribution in [0.1, 0.15) is 30.9 Å². The number of rotatable bonds is 9. The van der Waals surface area contributed by atoms with Crippen molar-refractivity contribution in [3.63, 3.8) is 0 Å². The van der Waals surface area contributed by atoms with Crippen molar-refractivity contribution in [1.29, 1.82) is 0 Å². The zero-order valence-corrected chi connectivity index (χ0v) is 22.3. The highest BCUT2D eigenvalue weighted by molar-refractivity contribution is 9.10. The number of ether oxygens (including phenoxy) is 2. The maximum absolute atomic E-state index is 13.3. The van der Waals surface area contributed by atoms with Crippen LogP contribution in [0, 0.1) is 0 Å². The van der Waals surface area contributed by atoms with E-state index in [0.717, 1.165) is 27.8 Å². The average Bonchev–Trinajstić information content (AvgIpc) is 2.88. The second-order valence-electron chi connectivity index (χ2n) is 8.22. The normalized spacial score (nSPS) is 14.6. The highest BCUT2D eigenvalue weighted by Gasteiger charge is 2.37. The lowest BCUT2D eigenvalue weighted by molar-refractivity contribution is -0.122. The first-order valence-electron chi connectivity index (χ1n) is 11.7. The van der Waals surface area contributed by atoms with Gasteiger partial charge in [0.2, 0.25) is 0 Å². The lowest BCUT2D eigenvalue weighted by Crippen LogP contribution is -2.54. The maximum Gasteiger partial charge on any atom is 0.335 e. The van der Waals surface area contributed by atoms with Gasteiger partial charge in [-0.25, -0.2) is 9.69 Å². The van der Waals surface area contributed by atoms with Crippen molar-refractivity contribution in [2.24, 2.45) is 0 Å². The zero-order valence-electron chi connectivity index (χ0n) is 20.0. The highest BCUT2D eigenvalue weighted by Crippen LogP contribution is 2.30. The minimum atomic E-state index is -0.830. The molecule has 4 amide bonds. The molecule has 0 spiro atoms. The van der Waals surface area contributed by atoms with Gasteiger partial charge in [-0.2, -0.15) is 0 Å². The van der Waals surface area contributed by atoms with Crippen molar-refractivity contribution in [1.82, 2.24) is 5.32 Å². The van der Waals surface area contributed by atoms with Crippen LogP contribution < -0.4 is 19.7 Å². The number of imide groups is 2. The number of anilines is 1. The van der Waals surface area contributed by atoms with E-state index in [2.05, 4.69) is 28.2 Å². The molecule has 3 aromatic rings. The third-order valence-electron chi connectivity index (χ3n) is 5.58. The summed E-state index contributed by atoms with van der Waals surface area (Å²) in [6.45, 7) is 2.89. The third-order valence-corrected chi connectivity index (χ3v) is 6.58. The number of amides is 4. The number of benzene rings is 3. The minimum absolute atomic E-state index is 0.226. The van der Waals surface area contributed by atoms with Crippen LogP contribution in [0.4, 0.5) is 10.5 Å². The van der Waals surface area contributed by atoms with Crippen molar-refractivity contribution in [3.8, 4) is 11.5 Å². The van der Waals surface area contributed by atoms with Crippen molar-refractivity contribution in [2.45, 2.75) is 26.4 Å². The maximum atomic E-state index is 13.3. The molecule has 7 nitrogen and oxygen atoms in total. The fourth-order valence-electron chi connectivity index (χ4n) is 3.61. The van der Waals surface area contributed by atoms with Crippen LogP contribution in [0.5, 0.6) is 11.5 Å². The van der Waals surface area contributed by atoms with Gasteiger partial charge in [-0.3, -0.25) is 14.9 Å². The van der Waals surface area contributed by atoms with Gasteiger partial charge >= 0.3 is 6.03 Å². The number of carbonyl (C=O) groups is 3. The van der Waals surface area contributed by atoms with Gasteiger partial charge in [0, 0.05) is 20.6 Å². The Balaban J connectivity index is 1.60. The molecule has 0 radical (unpaired) electrons. The van der Waals surface area contributed by atoms with E-state index in [9.17, 15) is 14.4 Å². The molecule has 1 N–H and O–H groups in total. The summed E-state index contributed by atoms with van der Waals surface area (Å²) in [5.74, 6) is -0.516. The number of halogens is 2. The van der Waals surface area contributed by atoms with E-state index < -0.39 is 17.8 Å². The van der Waals surface area contributed by atoms with Gasteiger partial charge in [-0.05, 0) is 61.0 Å². The second-order valence-corrected chi connectivity index (χ2v) is 9.51. The molecule has 190 valence electrons. The Hall–Kier alpha value is -3.62. The van der Waals surface area contributed by atoms with Crippen LogP contribution in [-0.4, -0.2) is 24.5 Å². The van der Waals surface area contributed by atoms with Crippen molar-refractivity contribution in [3.05, 3.63) is 92.9 Å². The van der Waals surface area contributed by atoms with Crippen LogP contribution in [0.15, 0.2) is 76.8 Å². The van der Waals surface area contributed by atoms with Crippen molar-refractivity contribution >= 4 is 57.1 Å². The number of hydrogen-bond acceptors (Lipinski definition) is 5. The van der Waals surface area contributed by atoms with Gasteiger partial charge in [0.1, 0.15) is 23.7 Å². The Labute approximate surface area is 228 Å². The predicted molar refractivity (Wildman–Crippen MR) is 146 cm³/mol. The fourth-order valence-corrected chi connectivity index (χ4v) is 4.19. The number of nitrogens with one attached hydrogen (secondary N) is 1. The molecule has 37 heavy (non-hydrogen) atoms. The van der Waals surface area contributed by atoms with Crippen LogP contribution in [0.25, 0.3) is 6.08 Å². The summed E-state index contributed by atoms with van der Waals surface area (Å²) in [4.78, 5) is 39.5. The molecule has 1 aliphatic heterocycles. The number of urea groups is 1. The second kappa shape index (κ2) is 12.1. The van der Waals surface area contributed by atoms with Crippen LogP contribution >= 0.6 is 27.5 Å². The van der Waals surface area contributed by atoms with Gasteiger partial charge in [0.05, 0.1) is 12.3 Å². The van der Waals surface area contributed by atoms with Gasteiger partial charge < -0.3 is 9.47 Å². The van der Waals surface area contributed by atoms with Gasteiger partial charge in [0.25, 0.3) is 11.8 Å². The van der Waals surface area contributed by atoms with E-state index in [0.29, 0.717) is 34.4 Å². The Morgan fingerprint density at radius 1 is 1.00 bits per heavy atom. The van der Waals surface area contributed by atoms with Crippen LogP contribution in [-0.2, 0) is 16.2 Å². The topological polar surface area (TPSA) is 84.9 Å². The number of nitrogens with zero attached hydrogens (tertiary/aromatic N) is 1. The lowest BCUT2D eigenvalue weighted by atomic mass is 10.1. The number of barbiturate groups is 1. The molecule has 0 saturated carbocycles. The number of carbonyl (C=O) groups excluding carboxylic acids is 3. The standard InChI is InChI=1S/C28H24BrClN2O5/c1-2-3-14-36-22-11-9-21(10-12-22)32-27(34)23(26(33)31-28(32)35)16-19-15-20(30)8-13-25(19)37-17-18-6-4-5-7-24(18)29/h4-13,15-16H,2-3,14,17H2,1H3,(H,31,33,35)/b23-16-. The van der Waals surface area contributed by atoms with Crippen molar-refractivity contribution < 1.29 is 23.9 Å². The molecular formula is C28H24BrClN2O5. The first-order chi connectivity index (χ1) is 17.9. The predicted octanol–water partition coefficient (Wildman–Crippen LogP) is 6.53. The SMILES string of the molecule is CCCCOc1ccc(N2C(=O)NC(=O)/C(=C/c3cc(Cl)ccc3OCc3ccccc3Br)C2=O)cc1. The number of hydrogen-bond donors (Lipinski definition) is 1. The van der Waals surface area contributed by atoms with E-state index in [4.69, 9.17) is 21.1 Å². The average molecular weight is 584 g/mol. The monoisotopic (exact) mass is 582 g/mol. The van der Waals surface area contributed by atoms with Gasteiger partial charge in [-0.1, -0.05) is 59.1 Å². The Kier molecular flexibility index (Phi) is 8.63. The molecule has 0 bridgehead atoms. The highest BCUT2D eigenvalue weighted by atomic mass is 79.9. The van der Waals surface area contributed by atoms with Gasteiger partial charge in [0.15, 0.2) is 0 Å². The molecule has 9 heteroatoms. The molecule has 1 fully saturated rings. The first-order valence-corrected chi connectivity index (χ1v) is 12.8. The summed E-state index contributed by atoms with van der Waals surface area (Å²) in [5.41, 5.74) is 1.42. The van der Waals surface area contributed by atoms with E-state index in [-0.39, 0.29) is 12.2 Å². The summed E-state index contributed by atoms with van der Waals surface area (Å²) in [6, 6.07) is 18.2. The third kappa shape index (κ3) is 6.39. The molecule has 4 rings (SSSR count). The molecule has 1 heterocycles. The fraction of sp³-hybridized carbons (Fsp3) is 0.179. The van der Waals surface area contributed by atoms with Crippen molar-refractivity contribution in [2.75, 3.05) is 11.5 Å². The largest absolute Gasteiger partial charge is 0.494 e. The summed E-state index contributed by atoms with van der Waals surface area (Å²) < 4.78 is 12.5. The van der Waals surface area contributed by atoms with E-state index in [1.807, 2.05) is 24.3 Å².